The highest BCUT2D eigenvalue weighted by molar-refractivity contribution is 7.80. The van der Waals surface area contributed by atoms with Crippen LogP contribution >= 0.6 is 23.8 Å². The summed E-state index contributed by atoms with van der Waals surface area (Å²) in [6.07, 6.45) is 5.94. The molecule has 0 atom stereocenters. The van der Waals surface area contributed by atoms with Crippen molar-refractivity contribution >= 4 is 34.8 Å². The van der Waals surface area contributed by atoms with Gasteiger partial charge in [0, 0.05) is 30.2 Å². The second-order valence-electron chi connectivity index (χ2n) is 5.57. The molecule has 0 saturated carbocycles. The molecule has 1 saturated heterocycles. The zero-order valence-corrected chi connectivity index (χ0v) is 14.7. The normalized spacial score (nSPS) is 15.7. The number of aliphatic imine (C=N–C) groups is 1. The van der Waals surface area contributed by atoms with Crippen LogP contribution in [0.5, 0.6) is 0 Å². The van der Waals surface area contributed by atoms with Gasteiger partial charge in [0.1, 0.15) is 5.84 Å². The summed E-state index contributed by atoms with van der Waals surface area (Å²) >= 11 is 11.5. The van der Waals surface area contributed by atoms with E-state index in [4.69, 9.17) is 28.8 Å². The Kier molecular flexibility index (Phi) is 7.13. The number of halogens is 1. The molecule has 0 aromatic heterocycles. The van der Waals surface area contributed by atoms with Gasteiger partial charge in [-0.15, -0.1) is 0 Å². The van der Waals surface area contributed by atoms with Crippen LogP contribution in [-0.4, -0.2) is 35.5 Å². The molecule has 2 rings (SSSR count). The maximum absolute atomic E-state index is 5.98. The zero-order valence-electron chi connectivity index (χ0n) is 13.1. The number of hydrogen-bond acceptors (Lipinski definition) is 2. The van der Waals surface area contributed by atoms with Crippen LogP contribution in [-0.2, 0) is 0 Å². The first-order valence-corrected chi connectivity index (χ1v) is 8.85. The van der Waals surface area contributed by atoms with E-state index in [1.54, 1.807) is 0 Å². The highest BCUT2D eigenvalue weighted by Gasteiger charge is 2.15. The van der Waals surface area contributed by atoms with E-state index in [1.807, 2.05) is 24.3 Å². The summed E-state index contributed by atoms with van der Waals surface area (Å²) in [5.74, 6) is 0.848. The lowest BCUT2D eigenvalue weighted by Crippen LogP contribution is -2.45. The van der Waals surface area contributed by atoms with Crippen molar-refractivity contribution in [3.05, 3.63) is 34.9 Å². The quantitative estimate of drug-likeness (QED) is 0.385. The molecule has 0 aliphatic carbocycles. The van der Waals surface area contributed by atoms with Crippen molar-refractivity contribution in [1.29, 1.82) is 0 Å². The Morgan fingerprint density at radius 1 is 1.23 bits per heavy atom. The van der Waals surface area contributed by atoms with Crippen molar-refractivity contribution in [1.82, 2.24) is 10.2 Å². The standard InChI is InChI=1S/C17H24ClN3S/c1-2-3-11-19-16(14-7-9-15(18)10-8-14)20-17(22)21-12-5-4-6-13-21/h7-10H,2-6,11-13H2,1H3,(H,19,20,22). The lowest BCUT2D eigenvalue weighted by molar-refractivity contribution is 0.341. The second-order valence-corrected chi connectivity index (χ2v) is 6.39. The number of nitrogens with one attached hydrogen (secondary N) is 1. The Balaban J connectivity index is 2.08. The molecule has 5 heteroatoms. The Labute approximate surface area is 143 Å². The first kappa shape index (κ1) is 17.2. The Morgan fingerprint density at radius 3 is 2.55 bits per heavy atom. The van der Waals surface area contributed by atoms with Crippen molar-refractivity contribution in [3.8, 4) is 0 Å². The summed E-state index contributed by atoms with van der Waals surface area (Å²) in [7, 11) is 0. The number of amidine groups is 1. The van der Waals surface area contributed by atoms with Gasteiger partial charge in [0.2, 0.25) is 0 Å². The molecule has 1 aromatic rings. The summed E-state index contributed by atoms with van der Waals surface area (Å²) in [6, 6.07) is 7.74. The highest BCUT2D eigenvalue weighted by Crippen LogP contribution is 2.12. The largest absolute Gasteiger partial charge is 0.349 e. The van der Waals surface area contributed by atoms with E-state index in [2.05, 4.69) is 17.1 Å². The third-order valence-corrected chi connectivity index (χ3v) is 4.38. The van der Waals surface area contributed by atoms with Gasteiger partial charge in [0.15, 0.2) is 5.11 Å². The van der Waals surface area contributed by atoms with E-state index in [9.17, 15) is 0 Å². The lowest BCUT2D eigenvalue weighted by Gasteiger charge is -2.29. The van der Waals surface area contributed by atoms with Gasteiger partial charge in [-0.2, -0.15) is 0 Å². The summed E-state index contributed by atoms with van der Waals surface area (Å²) in [4.78, 5) is 6.94. The number of nitrogens with zero attached hydrogens (tertiary/aromatic N) is 2. The molecule has 1 aromatic carbocycles. The minimum Gasteiger partial charge on any atom is -0.349 e. The number of benzene rings is 1. The molecule has 22 heavy (non-hydrogen) atoms. The maximum Gasteiger partial charge on any atom is 0.174 e. The second kappa shape index (κ2) is 9.11. The SMILES string of the molecule is CCCCN=C(NC(=S)N1CCCCC1)c1ccc(Cl)cc1. The van der Waals surface area contributed by atoms with Crippen LogP contribution in [0.25, 0.3) is 0 Å². The molecule has 0 radical (unpaired) electrons. The van der Waals surface area contributed by atoms with Gasteiger partial charge in [-0.1, -0.05) is 24.9 Å². The van der Waals surface area contributed by atoms with E-state index in [0.29, 0.717) is 0 Å². The topological polar surface area (TPSA) is 27.6 Å². The Hall–Kier alpha value is -1.13. The van der Waals surface area contributed by atoms with Crippen molar-refractivity contribution < 1.29 is 0 Å². The van der Waals surface area contributed by atoms with Gasteiger partial charge in [0.05, 0.1) is 0 Å². The summed E-state index contributed by atoms with van der Waals surface area (Å²) in [5, 5.41) is 4.86. The number of unbranched alkanes of at least 4 members (excludes halogenated alkanes) is 1. The molecular formula is C17H24ClN3S. The van der Waals surface area contributed by atoms with Gasteiger partial charge in [-0.05, 0) is 62.2 Å². The van der Waals surface area contributed by atoms with Crippen molar-refractivity contribution in [2.24, 2.45) is 4.99 Å². The van der Waals surface area contributed by atoms with E-state index in [0.717, 1.165) is 54.0 Å². The van der Waals surface area contributed by atoms with Gasteiger partial charge in [0.25, 0.3) is 0 Å². The molecule has 1 aliphatic heterocycles. The van der Waals surface area contributed by atoms with Crippen LogP contribution in [0, 0.1) is 0 Å². The van der Waals surface area contributed by atoms with Crippen LogP contribution in [0.1, 0.15) is 44.6 Å². The summed E-state index contributed by atoms with van der Waals surface area (Å²) in [6.45, 7) is 5.05. The predicted octanol–water partition coefficient (Wildman–Crippen LogP) is 4.25. The molecule has 1 N–H and O–H groups in total. The van der Waals surface area contributed by atoms with Crippen LogP contribution in [0.4, 0.5) is 0 Å². The molecule has 3 nitrogen and oxygen atoms in total. The van der Waals surface area contributed by atoms with Gasteiger partial charge in [-0.3, -0.25) is 4.99 Å². The number of piperidine rings is 1. The minimum absolute atomic E-state index is 0.732. The monoisotopic (exact) mass is 337 g/mol. The molecule has 0 spiro atoms. The molecule has 1 aliphatic rings. The average molecular weight is 338 g/mol. The number of likely N-dealkylation sites (tertiary alicyclic amines) is 1. The first-order chi connectivity index (χ1) is 10.7. The van der Waals surface area contributed by atoms with Gasteiger partial charge in [-0.25, -0.2) is 0 Å². The van der Waals surface area contributed by atoms with E-state index >= 15 is 0 Å². The highest BCUT2D eigenvalue weighted by atomic mass is 35.5. The predicted molar refractivity (Wildman–Crippen MR) is 98.9 cm³/mol. The summed E-state index contributed by atoms with van der Waals surface area (Å²) in [5.41, 5.74) is 1.03. The van der Waals surface area contributed by atoms with Crippen LogP contribution in [0.15, 0.2) is 29.3 Å². The molecule has 120 valence electrons. The van der Waals surface area contributed by atoms with Gasteiger partial charge >= 0.3 is 0 Å². The van der Waals surface area contributed by atoms with E-state index in [-0.39, 0.29) is 0 Å². The average Bonchev–Trinajstić information content (AvgIpc) is 2.55. The van der Waals surface area contributed by atoms with Crippen molar-refractivity contribution in [3.63, 3.8) is 0 Å². The molecular weight excluding hydrogens is 314 g/mol. The molecule has 0 unspecified atom stereocenters. The fraction of sp³-hybridized carbons (Fsp3) is 0.529. The maximum atomic E-state index is 5.98. The molecule has 0 amide bonds. The van der Waals surface area contributed by atoms with Crippen LogP contribution in [0.2, 0.25) is 5.02 Å². The van der Waals surface area contributed by atoms with Crippen LogP contribution < -0.4 is 5.32 Å². The Morgan fingerprint density at radius 2 is 1.91 bits per heavy atom. The van der Waals surface area contributed by atoms with E-state index < -0.39 is 0 Å². The minimum atomic E-state index is 0.732. The molecule has 0 bridgehead atoms. The smallest absolute Gasteiger partial charge is 0.174 e. The first-order valence-electron chi connectivity index (χ1n) is 8.07. The fourth-order valence-electron chi connectivity index (χ4n) is 2.44. The third-order valence-electron chi connectivity index (χ3n) is 3.77. The van der Waals surface area contributed by atoms with Crippen molar-refractivity contribution in [2.45, 2.75) is 39.0 Å². The number of rotatable bonds is 4. The zero-order chi connectivity index (χ0) is 15.8. The van der Waals surface area contributed by atoms with Gasteiger partial charge < -0.3 is 10.2 Å². The summed E-state index contributed by atoms with van der Waals surface area (Å²) < 4.78 is 0. The fourth-order valence-corrected chi connectivity index (χ4v) is 2.84. The van der Waals surface area contributed by atoms with Crippen molar-refractivity contribution in [2.75, 3.05) is 19.6 Å². The molecule has 1 fully saturated rings. The van der Waals surface area contributed by atoms with E-state index in [1.165, 1.54) is 19.3 Å². The molecule has 1 heterocycles. The van der Waals surface area contributed by atoms with Crippen LogP contribution in [0.3, 0.4) is 0 Å². The Bertz CT molecular complexity index is 507. The lowest BCUT2D eigenvalue weighted by atomic mass is 10.1. The number of thiocarbonyl (C=S) groups is 1. The number of hydrogen-bond donors (Lipinski definition) is 1. The third kappa shape index (κ3) is 5.25.